The fourth-order valence-electron chi connectivity index (χ4n) is 2.16. The van der Waals surface area contributed by atoms with Crippen molar-refractivity contribution in [1.29, 1.82) is 0 Å². The number of rotatable bonds is 7. The van der Waals surface area contributed by atoms with Crippen LogP contribution in [0.15, 0.2) is 34.9 Å². The number of oxazole rings is 1. The van der Waals surface area contributed by atoms with Crippen LogP contribution in [0.3, 0.4) is 0 Å². The molecule has 6 nitrogen and oxygen atoms in total. The Morgan fingerprint density at radius 3 is 2.54 bits per heavy atom. The first-order chi connectivity index (χ1) is 11.3. The lowest BCUT2D eigenvalue weighted by molar-refractivity contribution is -0.147. The molecule has 1 unspecified atom stereocenters. The van der Waals surface area contributed by atoms with Crippen molar-refractivity contribution in [2.75, 3.05) is 0 Å². The van der Waals surface area contributed by atoms with Gasteiger partial charge in [0.25, 0.3) is 0 Å². The van der Waals surface area contributed by atoms with Gasteiger partial charge in [-0.05, 0) is 20.3 Å². The van der Waals surface area contributed by atoms with Gasteiger partial charge in [-0.25, -0.2) is 9.78 Å². The summed E-state index contributed by atoms with van der Waals surface area (Å²) in [6.07, 6.45) is 2.38. The van der Waals surface area contributed by atoms with E-state index in [9.17, 15) is 9.59 Å². The van der Waals surface area contributed by atoms with Gasteiger partial charge in [0, 0.05) is 18.4 Å². The van der Waals surface area contributed by atoms with Gasteiger partial charge in [0.05, 0.1) is 6.20 Å². The summed E-state index contributed by atoms with van der Waals surface area (Å²) < 4.78 is 5.66. The van der Waals surface area contributed by atoms with Crippen LogP contribution in [0.5, 0.6) is 0 Å². The smallest absolute Gasteiger partial charge is 0.329 e. The molecular weight excluding hydrogens is 308 g/mol. The zero-order valence-electron chi connectivity index (χ0n) is 14.1. The number of carboxylic acids is 1. The van der Waals surface area contributed by atoms with Crippen molar-refractivity contribution in [1.82, 2.24) is 10.3 Å². The number of carboxylic acid groups (broad SMARTS) is 1. The Morgan fingerprint density at radius 2 is 1.96 bits per heavy atom. The lowest BCUT2D eigenvalue weighted by Crippen LogP contribution is -2.51. The van der Waals surface area contributed by atoms with Gasteiger partial charge in [0.2, 0.25) is 5.91 Å². The molecule has 6 heteroatoms. The van der Waals surface area contributed by atoms with Gasteiger partial charge in [0.1, 0.15) is 5.54 Å². The van der Waals surface area contributed by atoms with E-state index in [2.05, 4.69) is 10.3 Å². The van der Waals surface area contributed by atoms with Crippen LogP contribution < -0.4 is 5.32 Å². The van der Waals surface area contributed by atoms with E-state index in [-0.39, 0.29) is 12.3 Å². The van der Waals surface area contributed by atoms with Crippen LogP contribution in [-0.2, 0) is 16.0 Å². The summed E-state index contributed by atoms with van der Waals surface area (Å²) >= 11 is 0. The fourth-order valence-corrected chi connectivity index (χ4v) is 2.16. The zero-order chi connectivity index (χ0) is 17.7. The maximum absolute atomic E-state index is 12.0. The van der Waals surface area contributed by atoms with Crippen LogP contribution in [0.4, 0.5) is 0 Å². The first-order valence-corrected chi connectivity index (χ1v) is 7.90. The van der Waals surface area contributed by atoms with Crippen LogP contribution in [0.2, 0.25) is 0 Å². The molecule has 1 heterocycles. The van der Waals surface area contributed by atoms with E-state index in [0.717, 1.165) is 11.1 Å². The predicted molar refractivity (Wildman–Crippen MR) is 89.5 cm³/mol. The Bertz CT molecular complexity index is 721. The molecular formula is C18H22N2O4. The molecule has 2 rings (SSSR count). The van der Waals surface area contributed by atoms with Crippen LogP contribution in [-0.4, -0.2) is 27.5 Å². The molecule has 2 N–H and O–H groups in total. The van der Waals surface area contributed by atoms with E-state index in [1.54, 1.807) is 13.1 Å². The van der Waals surface area contributed by atoms with Gasteiger partial charge in [-0.15, -0.1) is 0 Å². The molecule has 1 aromatic carbocycles. The number of aliphatic carboxylic acids is 1. The topological polar surface area (TPSA) is 92.4 Å². The lowest BCUT2D eigenvalue weighted by Gasteiger charge is -2.24. The largest absolute Gasteiger partial charge is 0.480 e. The van der Waals surface area contributed by atoms with Gasteiger partial charge in [-0.3, -0.25) is 4.79 Å². The lowest BCUT2D eigenvalue weighted by atomic mass is 9.99. The van der Waals surface area contributed by atoms with Gasteiger partial charge in [0.15, 0.2) is 11.7 Å². The molecule has 0 saturated heterocycles. The number of hydrogen-bond acceptors (Lipinski definition) is 4. The van der Waals surface area contributed by atoms with Crippen molar-refractivity contribution < 1.29 is 19.1 Å². The third-order valence-corrected chi connectivity index (χ3v) is 4.05. The quantitative estimate of drug-likeness (QED) is 0.814. The maximum Gasteiger partial charge on any atom is 0.329 e. The highest BCUT2D eigenvalue weighted by Crippen LogP contribution is 2.21. The van der Waals surface area contributed by atoms with Gasteiger partial charge >= 0.3 is 5.97 Å². The Balaban J connectivity index is 1.94. The number of amides is 1. The highest BCUT2D eigenvalue weighted by molar-refractivity contribution is 5.86. The summed E-state index contributed by atoms with van der Waals surface area (Å²) in [6, 6.07) is 7.88. The Hall–Kier alpha value is -2.63. The van der Waals surface area contributed by atoms with Crippen molar-refractivity contribution >= 4 is 11.9 Å². The highest BCUT2D eigenvalue weighted by atomic mass is 16.4. The molecule has 24 heavy (non-hydrogen) atoms. The molecule has 0 spiro atoms. The van der Waals surface area contributed by atoms with Gasteiger partial charge in [-0.1, -0.05) is 36.8 Å². The van der Waals surface area contributed by atoms with E-state index >= 15 is 0 Å². The van der Waals surface area contributed by atoms with Crippen LogP contribution in [0.1, 0.15) is 38.1 Å². The second kappa shape index (κ2) is 7.29. The van der Waals surface area contributed by atoms with Crippen molar-refractivity contribution in [2.45, 2.75) is 45.6 Å². The molecule has 0 aliphatic heterocycles. The van der Waals surface area contributed by atoms with Crippen molar-refractivity contribution in [3.63, 3.8) is 0 Å². The molecule has 0 aliphatic carbocycles. The molecule has 0 fully saturated rings. The minimum atomic E-state index is -1.25. The van der Waals surface area contributed by atoms with E-state index in [4.69, 9.17) is 9.52 Å². The zero-order valence-corrected chi connectivity index (χ0v) is 14.1. The number of carbonyl (C=O) groups is 2. The molecule has 0 aliphatic rings. The van der Waals surface area contributed by atoms with Crippen molar-refractivity contribution in [2.24, 2.45) is 0 Å². The first kappa shape index (κ1) is 17.7. The number of benzene rings is 1. The maximum atomic E-state index is 12.0. The predicted octanol–water partition coefficient (Wildman–Crippen LogP) is 2.95. The van der Waals surface area contributed by atoms with E-state index < -0.39 is 11.5 Å². The van der Waals surface area contributed by atoms with Crippen LogP contribution in [0, 0.1) is 6.92 Å². The molecule has 0 saturated carbocycles. The summed E-state index contributed by atoms with van der Waals surface area (Å²) in [6.45, 7) is 5.22. The fraction of sp³-hybridized carbons (Fsp3) is 0.389. The number of carbonyl (C=O) groups excluding carboxylic acids is 1. The minimum Gasteiger partial charge on any atom is -0.480 e. The van der Waals surface area contributed by atoms with E-state index in [1.165, 1.54) is 6.92 Å². The molecule has 128 valence electrons. The van der Waals surface area contributed by atoms with Gasteiger partial charge in [-0.2, -0.15) is 0 Å². The Morgan fingerprint density at radius 1 is 1.29 bits per heavy atom. The van der Waals surface area contributed by atoms with E-state index in [0.29, 0.717) is 24.5 Å². The van der Waals surface area contributed by atoms with Crippen LogP contribution >= 0.6 is 0 Å². The van der Waals surface area contributed by atoms with Crippen LogP contribution in [0.25, 0.3) is 11.3 Å². The first-order valence-electron chi connectivity index (χ1n) is 7.90. The summed E-state index contributed by atoms with van der Waals surface area (Å²) in [4.78, 5) is 27.3. The Kier molecular flexibility index (Phi) is 5.39. The second-order valence-electron chi connectivity index (χ2n) is 6.02. The van der Waals surface area contributed by atoms with E-state index in [1.807, 2.05) is 31.2 Å². The molecule has 0 bridgehead atoms. The molecule has 1 atom stereocenters. The number of hydrogen-bond donors (Lipinski definition) is 2. The second-order valence-corrected chi connectivity index (χ2v) is 6.02. The summed E-state index contributed by atoms with van der Waals surface area (Å²) in [5.74, 6) is -0.281. The molecule has 0 radical (unpaired) electrons. The normalized spacial score (nSPS) is 13.3. The number of aromatic nitrogens is 1. The SMILES string of the molecule is CCC(C)(NC(=O)CCc1ncc(-c2ccc(C)cc2)o1)C(=O)O. The molecule has 1 aromatic heterocycles. The van der Waals surface area contributed by atoms with Gasteiger partial charge < -0.3 is 14.8 Å². The Labute approximate surface area is 140 Å². The third kappa shape index (κ3) is 4.22. The monoisotopic (exact) mass is 330 g/mol. The third-order valence-electron chi connectivity index (χ3n) is 4.05. The summed E-state index contributed by atoms with van der Waals surface area (Å²) in [7, 11) is 0. The average Bonchev–Trinajstić information content (AvgIpc) is 3.02. The highest BCUT2D eigenvalue weighted by Gasteiger charge is 2.32. The number of nitrogens with one attached hydrogen (secondary N) is 1. The molecule has 1 amide bonds. The summed E-state index contributed by atoms with van der Waals surface area (Å²) in [5.41, 5.74) is 0.835. The average molecular weight is 330 g/mol. The molecule has 2 aromatic rings. The van der Waals surface area contributed by atoms with Crippen molar-refractivity contribution in [3.05, 3.63) is 41.9 Å². The minimum absolute atomic E-state index is 0.122. The standard InChI is InChI=1S/C18H22N2O4/c1-4-18(3,17(22)23)20-15(21)9-10-16-19-11-14(24-16)13-7-5-12(2)6-8-13/h5-8,11H,4,9-10H2,1-3H3,(H,20,21)(H,22,23). The van der Waals surface area contributed by atoms with Crippen molar-refractivity contribution in [3.8, 4) is 11.3 Å². The number of nitrogens with zero attached hydrogens (tertiary/aromatic N) is 1. The number of aryl methyl sites for hydroxylation is 2. The summed E-state index contributed by atoms with van der Waals surface area (Å²) in [5, 5.41) is 11.7.